The minimum absolute atomic E-state index is 0.0314. The average Bonchev–Trinajstić information content (AvgIpc) is 2.95. The highest BCUT2D eigenvalue weighted by molar-refractivity contribution is 5.70. The first-order valence-electron chi connectivity index (χ1n) is 11.0. The third-order valence-electron chi connectivity index (χ3n) is 5.91. The Kier molecular flexibility index (Phi) is 7.22. The summed E-state index contributed by atoms with van der Waals surface area (Å²) in [5.41, 5.74) is 3.65. The summed E-state index contributed by atoms with van der Waals surface area (Å²) in [7, 11) is 0. The zero-order valence-corrected chi connectivity index (χ0v) is 18.7. The van der Waals surface area contributed by atoms with E-state index in [0.717, 1.165) is 22.6 Å². The van der Waals surface area contributed by atoms with Gasteiger partial charge in [0.05, 0.1) is 25.2 Å². The van der Waals surface area contributed by atoms with Crippen LogP contribution in [-0.4, -0.2) is 24.0 Å². The Bertz CT molecular complexity index is 872. The smallest absolute Gasteiger partial charge is 0.209 e. The van der Waals surface area contributed by atoms with Crippen molar-refractivity contribution < 1.29 is 14.6 Å². The number of fused-ring (bicyclic) bond motifs is 2. The van der Waals surface area contributed by atoms with Gasteiger partial charge in [-0.05, 0) is 49.3 Å². The number of rotatable bonds is 6. The lowest BCUT2D eigenvalue weighted by Gasteiger charge is -2.41. The van der Waals surface area contributed by atoms with Gasteiger partial charge in [-0.2, -0.15) is 0 Å². The second-order valence-corrected chi connectivity index (χ2v) is 8.47. The van der Waals surface area contributed by atoms with Crippen molar-refractivity contribution in [3.8, 4) is 5.75 Å². The molecule has 2 N–H and O–H groups in total. The first-order chi connectivity index (χ1) is 14.5. The molecular formula is C26H35NO3. The fourth-order valence-electron chi connectivity index (χ4n) is 4.01. The van der Waals surface area contributed by atoms with Crippen molar-refractivity contribution in [3.05, 3.63) is 65.2 Å². The second-order valence-electron chi connectivity index (χ2n) is 8.47. The van der Waals surface area contributed by atoms with Gasteiger partial charge in [0.25, 0.3) is 0 Å². The maximum absolute atomic E-state index is 8.85. The highest BCUT2D eigenvalue weighted by atomic mass is 16.5. The van der Waals surface area contributed by atoms with E-state index in [1.807, 2.05) is 24.3 Å². The van der Waals surface area contributed by atoms with Crippen molar-refractivity contribution >= 4 is 11.8 Å². The first kappa shape index (κ1) is 22.4. The van der Waals surface area contributed by atoms with Gasteiger partial charge in [-0.1, -0.05) is 63.4 Å². The summed E-state index contributed by atoms with van der Waals surface area (Å²) in [5.74, 6) is 0.848. The monoisotopic (exact) mass is 409 g/mol. The molecule has 0 bridgehead atoms. The molecule has 2 aliphatic rings. The van der Waals surface area contributed by atoms with Crippen LogP contribution < -0.4 is 10.1 Å². The molecule has 4 rings (SSSR count). The van der Waals surface area contributed by atoms with Crippen molar-refractivity contribution in [2.24, 2.45) is 0 Å². The van der Waals surface area contributed by atoms with Crippen LogP contribution >= 0.6 is 0 Å². The molecule has 2 aromatic carbocycles. The largest absolute Gasteiger partial charge is 0.463 e. The highest BCUT2D eigenvalue weighted by Gasteiger charge is 2.53. The number of unbranched alkanes of at least 4 members (excludes halogenated alkanes) is 2. The van der Waals surface area contributed by atoms with Crippen LogP contribution in [0, 0.1) is 0 Å². The molecule has 0 saturated heterocycles. The number of anilines is 1. The summed E-state index contributed by atoms with van der Waals surface area (Å²) in [4.78, 5) is 0. The van der Waals surface area contributed by atoms with Crippen molar-refractivity contribution in [2.75, 3.05) is 18.5 Å². The molecule has 4 heteroatoms. The van der Waals surface area contributed by atoms with Gasteiger partial charge in [-0.3, -0.25) is 0 Å². The molecular weight excluding hydrogens is 374 g/mol. The molecule has 2 aliphatic heterocycles. The third kappa shape index (κ3) is 4.40. The molecule has 1 spiro atoms. The number of ether oxygens (including phenoxy) is 2. The van der Waals surface area contributed by atoms with E-state index in [0.29, 0.717) is 13.2 Å². The molecule has 30 heavy (non-hydrogen) atoms. The van der Waals surface area contributed by atoms with Crippen LogP contribution in [0.2, 0.25) is 0 Å². The van der Waals surface area contributed by atoms with Gasteiger partial charge in [0, 0.05) is 11.3 Å². The first-order valence-corrected chi connectivity index (χ1v) is 11.0. The van der Waals surface area contributed by atoms with Crippen molar-refractivity contribution in [3.63, 3.8) is 0 Å². The van der Waals surface area contributed by atoms with Crippen LogP contribution in [0.4, 0.5) is 5.69 Å². The van der Waals surface area contributed by atoms with Gasteiger partial charge < -0.3 is 19.9 Å². The van der Waals surface area contributed by atoms with Gasteiger partial charge in [0.1, 0.15) is 5.75 Å². The highest BCUT2D eigenvalue weighted by Crippen LogP contribution is 2.50. The average molecular weight is 410 g/mol. The summed E-state index contributed by atoms with van der Waals surface area (Å²) in [6.07, 6.45) is 8.32. The summed E-state index contributed by atoms with van der Waals surface area (Å²) < 4.78 is 12.0. The number of aliphatic hydroxyl groups excluding tert-OH is 1. The van der Waals surface area contributed by atoms with Gasteiger partial charge in [-0.25, -0.2) is 0 Å². The summed E-state index contributed by atoms with van der Waals surface area (Å²) >= 11 is 0. The van der Waals surface area contributed by atoms with Gasteiger partial charge in [0.15, 0.2) is 0 Å². The Balaban J connectivity index is 0.000000461. The molecule has 1 atom stereocenters. The quantitative estimate of drug-likeness (QED) is 0.584. The van der Waals surface area contributed by atoms with Gasteiger partial charge >= 0.3 is 0 Å². The molecule has 2 heterocycles. The summed E-state index contributed by atoms with van der Waals surface area (Å²) in [6.45, 7) is 9.66. The Morgan fingerprint density at radius 1 is 1.07 bits per heavy atom. The van der Waals surface area contributed by atoms with Gasteiger partial charge in [-0.15, -0.1) is 0 Å². The number of nitrogens with one attached hydrogen (secondary N) is 1. The molecule has 4 nitrogen and oxygen atoms in total. The Hall–Kier alpha value is -2.30. The van der Waals surface area contributed by atoms with Crippen molar-refractivity contribution in [2.45, 2.75) is 64.7 Å². The van der Waals surface area contributed by atoms with E-state index >= 15 is 0 Å². The fourth-order valence-corrected chi connectivity index (χ4v) is 4.01. The van der Waals surface area contributed by atoms with E-state index in [-0.39, 0.29) is 12.0 Å². The van der Waals surface area contributed by atoms with Crippen LogP contribution in [-0.2, 0) is 16.8 Å². The van der Waals surface area contributed by atoms with E-state index in [1.54, 1.807) is 0 Å². The fraction of sp³-hybridized carbons (Fsp3) is 0.462. The van der Waals surface area contributed by atoms with E-state index < -0.39 is 5.72 Å². The number of hydrogen-bond donors (Lipinski definition) is 2. The molecule has 1 unspecified atom stereocenters. The normalized spacial score (nSPS) is 19.9. The van der Waals surface area contributed by atoms with Crippen molar-refractivity contribution in [1.29, 1.82) is 0 Å². The minimum Gasteiger partial charge on any atom is -0.463 e. The molecule has 0 fully saturated rings. The molecule has 2 aromatic rings. The lowest BCUT2D eigenvalue weighted by atomic mass is 9.76. The lowest BCUT2D eigenvalue weighted by Crippen LogP contribution is -2.53. The molecule has 0 aliphatic carbocycles. The van der Waals surface area contributed by atoms with Crippen LogP contribution in [0.1, 0.15) is 63.6 Å². The zero-order chi connectivity index (χ0) is 21.6. The van der Waals surface area contributed by atoms with Crippen molar-refractivity contribution in [1.82, 2.24) is 0 Å². The maximum Gasteiger partial charge on any atom is 0.209 e. The van der Waals surface area contributed by atoms with E-state index in [4.69, 9.17) is 14.6 Å². The van der Waals surface area contributed by atoms with Gasteiger partial charge in [0.2, 0.25) is 5.72 Å². The Morgan fingerprint density at radius 3 is 2.50 bits per heavy atom. The molecule has 0 radical (unpaired) electrons. The molecule has 0 amide bonds. The standard InChI is InChI=1S/C21H23NO3.C5H12/c1-20(2)17-5-3-4-6-18(17)22-21(20)10-9-16-8-7-15(13-19(16)25-21)14-24-12-11-23;1-3-5-4-2/h3-10,13,22-23H,11-12,14H2,1-2H3;3-5H2,1-2H3. The number of para-hydroxylation sites is 1. The predicted octanol–water partition coefficient (Wildman–Crippen LogP) is 5.90. The van der Waals surface area contributed by atoms with Crippen LogP contribution in [0.15, 0.2) is 48.5 Å². The van der Waals surface area contributed by atoms with Crippen LogP contribution in [0.25, 0.3) is 6.08 Å². The molecule has 0 aromatic heterocycles. The topological polar surface area (TPSA) is 50.7 Å². The van der Waals surface area contributed by atoms with E-state index in [2.05, 4.69) is 63.4 Å². The zero-order valence-electron chi connectivity index (χ0n) is 18.7. The minimum atomic E-state index is -0.603. The summed E-state index contributed by atoms with van der Waals surface area (Å²) in [6, 6.07) is 14.5. The Morgan fingerprint density at radius 2 is 1.83 bits per heavy atom. The Labute approximate surface area is 180 Å². The van der Waals surface area contributed by atoms with E-state index in [9.17, 15) is 0 Å². The predicted molar refractivity (Wildman–Crippen MR) is 124 cm³/mol. The lowest BCUT2D eigenvalue weighted by molar-refractivity contribution is 0.0770. The summed E-state index contributed by atoms with van der Waals surface area (Å²) in [5, 5.41) is 12.4. The number of hydrogen-bond acceptors (Lipinski definition) is 4. The number of benzene rings is 2. The third-order valence-corrected chi connectivity index (χ3v) is 5.91. The van der Waals surface area contributed by atoms with E-state index in [1.165, 1.54) is 24.8 Å². The van der Waals surface area contributed by atoms with Crippen LogP contribution in [0.5, 0.6) is 5.75 Å². The molecule has 162 valence electrons. The molecule has 0 saturated carbocycles. The second kappa shape index (κ2) is 9.67. The SMILES string of the molecule is CC1(C)c2ccccc2NC12C=Cc1ccc(COCCO)cc1O2.CCCCC. The maximum atomic E-state index is 8.85. The van der Waals surface area contributed by atoms with Crippen LogP contribution in [0.3, 0.4) is 0 Å². The number of aliphatic hydroxyl groups is 1.